The predicted molar refractivity (Wildman–Crippen MR) is 119 cm³/mol. The van der Waals surface area contributed by atoms with E-state index in [0.29, 0.717) is 0 Å². The molecule has 0 saturated heterocycles. The van der Waals surface area contributed by atoms with Crippen LogP contribution in [0.25, 0.3) is 0 Å². The largest absolute Gasteiger partial charge is 0.290 e. The van der Waals surface area contributed by atoms with Gasteiger partial charge in [0.2, 0.25) is 0 Å². The molecule has 0 spiro atoms. The summed E-state index contributed by atoms with van der Waals surface area (Å²) >= 11 is 5.28. The summed E-state index contributed by atoms with van der Waals surface area (Å²) in [7, 11) is 0. The van der Waals surface area contributed by atoms with E-state index >= 15 is 0 Å². The molecular weight excluding hydrogens is 336 g/mol. The van der Waals surface area contributed by atoms with Gasteiger partial charge in [-0.05, 0) is 36.6 Å². The molecule has 2 heteroatoms. The van der Waals surface area contributed by atoms with E-state index in [-0.39, 0.29) is 5.78 Å². The van der Waals surface area contributed by atoms with Crippen molar-refractivity contribution in [3.63, 3.8) is 0 Å². The minimum atomic E-state index is 0.0880. The van der Waals surface area contributed by atoms with Crippen molar-refractivity contribution in [2.24, 2.45) is 0 Å². The van der Waals surface area contributed by atoms with Crippen LogP contribution >= 0.6 is 12.2 Å². The van der Waals surface area contributed by atoms with E-state index in [1.165, 1.54) is 96.3 Å². The number of hydrogen-bond donors (Lipinski definition) is 0. The fourth-order valence-corrected chi connectivity index (χ4v) is 3.84. The van der Waals surface area contributed by atoms with Crippen LogP contribution in [0.4, 0.5) is 0 Å². The lowest BCUT2D eigenvalue weighted by Crippen LogP contribution is -2.05. The summed E-state index contributed by atoms with van der Waals surface area (Å²) in [6, 6.07) is 0. The maximum absolute atomic E-state index is 11.4. The van der Waals surface area contributed by atoms with Crippen LogP contribution in [-0.2, 0) is 4.79 Å². The molecule has 1 aliphatic rings. The molecule has 0 radical (unpaired) electrons. The van der Waals surface area contributed by atoms with Crippen molar-refractivity contribution in [2.45, 2.75) is 116 Å². The first-order chi connectivity index (χ1) is 12.7. The van der Waals surface area contributed by atoms with Gasteiger partial charge < -0.3 is 0 Å². The minimum Gasteiger partial charge on any atom is -0.290 e. The van der Waals surface area contributed by atoms with Crippen LogP contribution in [0, 0.1) is 0 Å². The summed E-state index contributed by atoms with van der Waals surface area (Å²) in [6.07, 6.45) is 28.2. The average molecular weight is 377 g/mol. The van der Waals surface area contributed by atoms with E-state index in [1.807, 2.05) is 0 Å². The highest BCUT2D eigenvalue weighted by Gasteiger charge is 2.09. The lowest BCUT2D eigenvalue weighted by atomic mass is 9.98. The topological polar surface area (TPSA) is 17.1 Å². The first-order valence-corrected chi connectivity index (χ1v) is 11.6. The smallest absolute Gasteiger partial charge is 0.179 e. The van der Waals surface area contributed by atoms with Crippen LogP contribution in [0.15, 0.2) is 23.8 Å². The highest BCUT2D eigenvalue weighted by atomic mass is 32.1. The van der Waals surface area contributed by atoms with Crippen LogP contribution in [0.5, 0.6) is 0 Å². The molecule has 148 valence electrons. The Morgan fingerprint density at radius 3 is 1.54 bits per heavy atom. The van der Waals surface area contributed by atoms with E-state index in [0.717, 1.165) is 23.3 Å². The number of carbonyl (C=O) groups excluding carboxylic acids is 1. The number of unbranched alkanes of at least 4 members (excludes halogenated alkanes) is 15. The van der Waals surface area contributed by atoms with Crippen molar-refractivity contribution >= 4 is 22.9 Å². The lowest BCUT2D eigenvalue weighted by molar-refractivity contribution is -0.110. The molecule has 0 fully saturated rings. The van der Waals surface area contributed by atoms with Gasteiger partial charge in [-0.3, -0.25) is 4.79 Å². The molecule has 0 aromatic rings. The SMILES string of the molecule is CCCCCCCCCCCCCCCCCCC1=CC(=O)C=CC1=S. The fraction of sp³-hybridized carbons (Fsp3) is 0.750. The Balaban J connectivity index is 1.79. The predicted octanol–water partition coefficient (Wildman–Crippen LogP) is 8.07. The van der Waals surface area contributed by atoms with Gasteiger partial charge in [0.15, 0.2) is 5.78 Å². The zero-order valence-corrected chi connectivity index (χ0v) is 17.9. The maximum Gasteiger partial charge on any atom is 0.179 e. The van der Waals surface area contributed by atoms with Crippen LogP contribution in [0.3, 0.4) is 0 Å². The Morgan fingerprint density at radius 2 is 1.08 bits per heavy atom. The molecule has 0 bridgehead atoms. The van der Waals surface area contributed by atoms with Crippen molar-refractivity contribution in [3.05, 3.63) is 23.8 Å². The third-order valence-corrected chi connectivity index (χ3v) is 5.73. The zero-order chi connectivity index (χ0) is 18.9. The molecule has 0 heterocycles. The summed E-state index contributed by atoms with van der Waals surface area (Å²) in [5.41, 5.74) is 1.07. The molecule has 0 atom stereocenters. The Morgan fingerprint density at radius 1 is 0.654 bits per heavy atom. The molecule has 26 heavy (non-hydrogen) atoms. The second kappa shape index (κ2) is 16.4. The molecule has 0 aromatic heterocycles. The van der Waals surface area contributed by atoms with Crippen LogP contribution in [-0.4, -0.2) is 10.6 Å². The second-order valence-corrected chi connectivity index (χ2v) is 8.26. The molecule has 1 rings (SSSR count). The van der Waals surface area contributed by atoms with E-state index in [1.54, 1.807) is 18.2 Å². The summed E-state index contributed by atoms with van der Waals surface area (Å²) in [4.78, 5) is 12.2. The number of thiocarbonyl (C=S) groups is 1. The van der Waals surface area contributed by atoms with E-state index < -0.39 is 0 Å². The lowest BCUT2D eigenvalue weighted by Gasteiger charge is -2.09. The maximum atomic E-state index is 11.4. The van der Waals surface area contributed by atoms with Crippen molar-refractivity contribution in [1.82, 2.24) is 0 Å². The van der Waals surface area contributed by atoms with Crippen molar-refractivity contribution < 1.29 is 4.79 Å². The molecule has 0 N–H and O–H groups in total. The Kier molecular flexibility index (Phi) is 14.7. The van der Waals surface area contributed by atoms with Gasteiger partial charge >= 0.3 is 0 Å². The highest BCUT2D eigenvalue weighted by molar-refractivity contribution is 7.81. The van der Waals surface area contributed by atoms with Gasteiger partial charge in [-0.2, -0.15) is 0 Å². The number of ketones is 1. The van der Waals surface area contributed by atoms with Crippen LogP contribution < -0.4 is 0 Å². The zero-order valence-electron chi connectivity index (χ0n) is 17.1. The quantitative estimate of drug-likeness (QED) is 0.188. The monoisotopic (exact) mass is 376 g/mol. The standard InChI is InChI=1S/C24H40OS/c1-2-3-4-5-6-7-8-9-10-11-12-13-14-15-16-17-18-22-21-23(25)19-20-24(22)26/h19-21H,2-18H2,1H3. The first-order valence-electron chi connectivity index (χ1n) is 11.2. The van der Waals surface area contributed by atoms with Gasteiger partial charge in [-0.25, -0.2) is 0 Å². The van der Waals surface area contributed by atoms with Gasteiger partial charge in [0.25, 0.3) is 0 Å². The number of hydrogen-bond acceptors (Lipinski definition) is 2. The van der Waals surface area contributed by atoms with Crippen molar-refractivity contribution in [2.75, 3.05) is 0 Å². The molecule has 1 nitrogen and oxygen atoms in total. The first kappa shape index (κ1) is 23.3. The number of carbonyl (C=O) groups is 1. The van der Waals surface area contributed by atoms with Crippen LogP contribution in [0.1, 0.15) is 116 Å². The minimum absolute atomic E-state index is 0.0880. The third-order valence-electron chi connectivity index (χ3n) is 5.33. The third kappa shape index (κ3) is 12.6. The second-order valence-electron chi connectivity index (χ2n) is 7.82. The van der Waals surface area contributed by atoms with Crippen molar-refractivity contribution in [1.29, 1.82) is 0 Å². The Hall–Kier alpha value is -0.760. The highest BCUT2D eigenvalue weighted by Crippen LogP contribution is 2.17. The number of rotatable bonds is 17. The summed E-state index contributed by atoms with van der Waals surface area (Å²) in [5, 5.41) is 0. The molecule has 1 aliphatic carbocycles. The van der Waals surface area contributed by atoms with Gasteiger partial charge in [0, 0.05) is 4.86 Å². The normalized spacial score (nSPS) is 14.1. The molecule has 0 aromatic carbocycles. The van der Waals surface area contributed by atoms with Gasteiger partial charge in [0.1, 0.15) is 0 Å². The summed E-state index contributed by atoms with van der Waals surface area (Å²) in [5.74, 6) is 0.0880. The van der Waals surface area contributed by atoms with E-state index in [9.17, 15) is 4.79 Å². The van der Waals surface area contributed by atoms with E-state index in [4.69, 9.17) is 12.2 Å². The molecule has 0 unspecified atom stereocenters. The van der Waals surface area contributed by atoms with Crippen molar-refractivity contribution in [3.8, 4) is 0 Å². The molecular formula is C24H40OS. The Labute approximate surface area is 167 Å². The average Bonchev–Trinajstić information content (AvgIpc) is 2.64. The Bertz CT molecular complexity index is 447. The number of allylic oxidation sites excluding steroid dienone is 4. The van der Waals surface area contributed by atoms with E-state index in [2.05, 4.69) is 6.92 Å². The fourth-order valence-electron chi connectivity index (χ4n) is 3.61. The van der Waals surface area contributed by atoms with Gasteiger partial charge in [0.05, 0.1) is 0 Å². The summed E-state index contributed by atoms with van der Waals surface area (Å²) < 4.78 is 0. The molecule has 0 amide bonds. The molecule has 0 saturated carbocycles. The molecule has 0 aliphatic heterocycles. The van der Waals surface area contributed by atoms with Crippen LogP contribution in [0.2, 0.25) is 0 Å². The van der Waals surface area contributed by atoms with Gasteiger partial charge in [-0.15, -0.1) is 0 Å². The van der Waals surface area contributed by atoms with Gasteiger partial charge in [-0.1, -0.05) is 115 Å². The summed E-state index contributed by atoms with van der Waals surface area (Å²) in [6.45, 7) is 2.28.